The Morgan fingerprint density at radius 1 is 1.21 bits per heavy atom. The monoisotopic (exact) mass is 403 g/mol. The van der Waals surface area contributed by atoms with Crippen molar-refractivity contribution in [1.29, 1.82) is 0 Å². The molecule has 1 unspecified atom stereocenters. The fraction of sp³-hybridized carbons (Fsp3) is 0.636. The molecular weight excluding hydrogens is 370 g/mol. The van der Waals surface area contributed by atoms with Crippen LogP contribution in [0.25, 0.3) is 0 Å². The molecule has 1 atom stereocenters. The molecule has 7 nitrogen and oxygen atoms in total. The van der Waals surface area contributed by atoms with Crippen LogP contribution in [0.3, 0.4) is 0 Å². The lowest BCUT2D eigenvalue weighted by Gasteiger charge is -2.47. The standard InChI is InChI=1S/C22H33N3O4/c1-23(2)14-15-25-16-22(9-8-19(25)26)10-12-24(13-11-22)21(28)20(27)17-4-6-18(29-3)7-5-17/h4-7,20,27H,8-16H2,1-3H3. The van der Waals surface area contributed by atoms with E-state index in [9.17, 15) is 14.7 Å². The molecule has 3 rings (SSSR count). The summed E-state index contributed by atoms with van der Waals surface area (Å²) in [6.07, 6.45) is 2.09. The van der Waals surface area contributed by atoms with Gasteiger partial charge < -0.3 is 24.5 Å². The molecule has 2 fully saturated rings. The number of likely N-dealkylation sites (tertiary alicyclic amines) is 2. The first-order chi connectivity index (χ1) is 13.8. The Balaban J connectivity index is 1.57. The number of nitrogens with zero attached hydrogens (tertiary/aromatic N) is 3. The minimum atomic E-state index is -1.15. The molecule has 1 spiro atoms. The normalized spacial score (nSPS) is 20.2. The summed E-state index contributed by atoms with van der Waals surface area (Å²) >= 11 is 0. The zero-order valence-electron chi connectivity index (χ0n) is 17.8. The number of amides is 2. The summed E-state index contributed by atoms with van der Waals surface area (Å²) in [5.74, 6) is 0.686. The van der Waals surface area contributed by atoms with Gasteiger partial charge in [0.25, 0.3) is 5.91 Å². The Morgan fingerprint density at radius 3 is 2.45 bits per heavy atom. The maximum absolute atomic E-state index is 12.8. The summed E-state index contributed by atoms with van der Waals surface area (Å²) in [5, 5.41) is 10.5. The van der Waals surface area contributed by atoms with Crippen molar-refractivity contribution in [2.24, 2.45) is 5.41 Å². The van der Waals surface area contributed by atoms with Crippen molar-refractivity contribution in [3.05, 3.63) is 29.8 Å². The minimum absolute atomic E-state index is 0.0993. The fourth-order valence-electron chi connectivity index (χ4n) is 4.34. The Kier molecular flexibility index (Phi) is 6.80. The van der Waals surface area contributed by atoms with Crippen molar-refractivity contribution < 1.29 is 19.4 Å². The van der Waals surface area contributed by atoms with Crippen LogP contribution in [-0.4, -0.2) is 85.5 Å². The van der Waals surface area contributed by atoms with E-state index in [4.69, 9.17) is 4.74 Å². The number of carbonyl (C=O) groups excluding carboxylic acids is 2. The molecule has 1 aromatic rings. The van der Waals surface area contributed by atoms with Gasteiger partial charge in [0.15, 0.2) is 6.10 Å². The highest BCUT2D eigenvalue weighted by atomic mass is 16.5. The molecule has 1 aromatic carbocycles. The van der Waals surface area contributed by atoms with Gasteiger partial charge in [-0.2, -0.15) is 0 Å². The molecule has 2 aliphatic heterocycles. The summed E-state index contributed by atoms with van der Waals surface area (Å²) in [5.41, 5.74) is 0.677. The quantitative estimate of drug-likeness (QED) is 0.780. The van der Waals surface area contributed by atoms with Crippen LogP contribution in [0.5, 0.6) is 5.75 Å². The van der Waals surface area contributed by atoms with Gasteiger partial charge in [-0.25, -0.2) is 0 Å². The van der Waals surface area contributed by atoms with Gasteiger partial charge in [-0.15, -0.1) is 0 Å². The van der Waals surface area contributed by atoms with Crippen molar-refractivity contribution in [3.63, 3.8) is 0 Å². The van der Waals surface area contributed by atoms with Gasteiger partial charge in [0.2, 0.25) is 5.91 Å². The number of carbonyl (C=O) groups is 2. The van der Waals surface area contributed by atoms with E-state index in [1.807, 2.05) is 19.0 Å². The third-order valence-electron chi connectivity index (χ3n) is 6.37. The highest BCUT2D eigenvalue weighted by Gasteiger charge is 2.42. The van der Waals surface area contributed by atoms with E-state index in [0.717, 1.165) is 38.9 Å². The van der Waals surface area contributed by atoms with Gasteiger partial charge in [-0.3, -0.25) is 9.59 Å². The predicted octanol–water partition coefficient (Wildman–Crippen LogP) is 1.52. The molecule has 29 heavy (non-hydrogen) atoms. The van der Waals surface area contributed by atoms with Gasteiger partial charge >= 0.3 is 0 Å². The fourth-order valence-corrected chi connectivity index (χ4v) is 4.34. The zero-order chi connectivity index (χ0) is 21.0. The SMILES string of the molecule is COc1ccc(C(O)C(=O)N2CCC3(CCC(=O)N(CCN(C)C)C3)CC2)cc1. The van der Waals surface area contributed by atoms with Gasteiger partial charge in [0.1, 0.15) is 5.75 Å². The smallest absolute Gasteiger partial charge is 0.256 e. The van der Waals surface area contributed by atoms with Crippen molar-refractivity contribution in [2.45, 2.75) is 31.8 Å². The summed E-state index contributed by atoms with van der Waals surface area (Å²) in [6.45, 7) is 3.65. The molecule has 2 amide bonds. The molecule has 160 valence electrons. The highest BCUT2D eigenvalue weighted by molar-refractivity contribution is 5.82. The molecule has 2 aliphatic rings. The number of aliphatic hydroxyl groups excluding tert-OH is 1. The van der Waals surface area contributed by atoms with Crippen molar-refractivity contribution in [3.8, 4) is 5.75 Å². The van der Waals surface area contributed by atoms with E-state index in [-0.39, 0.29) is 17.2 Å². The topological polar surface area (TPSA) is 73.3 Å². The van der Waals surface area contributed by atoms with Gasteiger partial charge in [-0.05, 0) is 56.5 Å². The van der Waals surface area contributed by atoms with Gasteiger partial charge in [0, 0.05) is 39.1 Å². The number of hydrogen-bond acceptors (Lipinski definition) is 5. The molecule has 0 aromatic heterocycles. The molecule has 1 N–H and O–H groups in total. The minimum Gasteiger partial charge on any atom is -0.497 e. The molecule has 2 heterocycles. The zero-order valence-corrected chi connectivity index (χ0v) is 17.8. The first-order valence-corrected chi connectivity index (χ1v) is 10.4. The number of benzene rings is 1. The van der Waals surface area contributed by atoms with Crippen LogP contribution in [0.4, 0.5) is 0 Å². The molecular formula is C22H33N3O4. The average molecular weight is 404 g/mol. The first kappa shape index (κ1) is 21.6. The van der Waals surface area contributed by atoms with Crippen LogP contribution in [-0.2, 0) is 9.59 Å². The van der Waals surface area contributed by atoms with Crippen molar-refractivity contribution in [2.75, 3.05) is 53.9 Å². The van der Waals surface area contributed by atoms with Crippen LogP contribution in [0.1, 0.15) is 37.4 Å². The lowest BCUT2D eigenvalue weighted by Crippen LogP contribution is -2.53. The Hall–Kier alpha value is -2.12. The van der Waals surface area contributed by atoms with E-state index in [1.165, 1.54) is 0 Å². The Labute approximate surface area is 173 Å². The van der Waals surface area contributed by atoms with Gasteiger partial charge in [-0.1, -0.05) is 12.1 Å². The van der Waals surface area contributed by atoms with E-state index in [2.05, 4.69) is 4.90 Å². The van der Waals surface area contributed by atoms with Gasteiger partial charge in [0.05, 0.1) is 7.11 Å². The van der Waals surface area contributed by atoms with Crippen molar-refractivity contribution in [1.82, 2.24) is 14.7 Å². The number of hydrogen-bond donors (Lipinski definition) is 1. The summed E-state index contributed by atoms with van der Waals surface area (Å²) < 4.78 is 5.13. The lowest BCUT2D eigenvalue weighted by atomic mass is 9.72. The number of methoxy groups -OCH3 is 1. The van der Waals surface area contributed by atoms with Crippen LogP contribution < -0.4 is 4.74 Å². The first-order valence-electron chi connectivity index (χ1n) is 10.4. The van der Waals surface area contributed by atoms with E-state index < -0.39 is 6.10 Å². The predicted molar refractivity (Wildman–Crippen MR) is 111 cm³/mol. The molecule has 0 saturated carbocycles. The summed E-state index contributed by atoms with van der Waals surface area (Å²) in [4.78, 5) is 30.9. The Morgan fingerprint density at radius 2 is 1.86 bits per heavy atom. The van der Waals surface area contributed by atoms with Crippen molar-refractivity contribution >= 4 is 11.8 Å². The number of likely N-dealkylation sites (N-methyl/N-ethyl adjacent to an activating group) is 1. The third-order valence-corrected chi connectivity index (χ3v) is 6.37. The molecule has 0 radical (unpaired) electrons. The summed E-state index contributed by atoms with van der Waals surface area (Å²) in [6, 6.07) is 6.95. The lowest BCUT2D eigenvalue weighted by molar-refractivity contribution is -0.147. The highest BCUT2D eigenvalue weighted by Crippen LogP contribution is 2.40. The van der Waals surface area contributed by atoms with E-state index in [0.29, 0.717) is 30.8 Å². The maximum atomic E-state index is 12.8. The third kappa shape index (κ3) is 5.08. The second-order valence-corrected chi connectivity index (χ2v) is 8.62. The second kappa shape index (κ2) is 9.13. The molecule has 2 saturated heterocycles. The van der Waals surface area contributed by atoms with Crippen LogP contribution in [0.2, 0.25) is 0 Å². The van der Waals surface area contributed by atoms with E-state index in [1.54, 1.807) is 36.3 Å². The summed E-state index contributed by atoms with van der Waals surface area (Å²) in [7, 11) is 5.62. The Bertz CT molecular complexity index is 711. The number of piperidine rings is 2. The van der Waals surface area contributed by atoms with Crippen LogP contribution in [0.15, 0.2) is 24.3 Å². The maximum Gasteiger partial charge on any atom is 0.256 e. The number of aliphatic hydroxyl groups is 1. The largest absolute Gasteiger partial charge is 0.497 e. The average Bonchev–Trinajstić information content (AvgIpc) is 2.74. The van der Waals surface area contributed by atoms with Crippen LogP contribution >= 0.6 is 0 Å². The number of ether oxygens (including phenoxy) is 1. The molecule has 0 bridgehead atoms. The molecule has 0 aliphatic carbocycles. The second-order valence-electron chi connectivity index (χ2n) is 8.62. The van der Waals surface area contributed by atoms with Crippen LogP contribution in [0, 0.1) is 5.41 Å². The van der Waals surface area contributed by atoms with E-state index >= 15 is 0 Å². The number of rotatable bonds is 6. The molecule has 7 heteroatoms.